The topological polar surface area (TPSA) is 43.7 Å². The van der Waals surface area contributed by atoms with Crippen LogP contribution in [-0.4, -0.2) is 56.3 Å². The molecule has 3 aliphatic heterocycles. The first-order valence-electron chi connectivity index (χ1n) is 14.9. The van der Waals surface area contributed by atoms with Crippen molar-refractivity contribution in [1.82, 2.24) is 9.47 Å². The molecular weight excluding hydrogens is 575 g/mol. The molecule has 6 heteroatoms. The first-order valence-corrected chi connectivity index (χ1v) is 16.6. The number of rotatable bonds is 8. The number of ether oxygens (including phenoxy) is 2. The minimum absolute atomic E-state index is 0.00999. The average Bonchev–Trinajstić information content (AvgIpc) is 3.64. The standard InChI is InChI=1S/C35H38N2O3Se/c1-3-35(23-38,41-25-14-8-5-9-15-25)28-21-31-33-27(26-16-10-11-17-29(26)36(33)2)20-30(32(28)34-39-18-19-40-34)37(31)22-24-12-6-4-7-13-24/h4-17,23,28,30-32,34H,3,18-22H2,1-2H3/t28-,30+,31+,32+,35?/m1/s1. The van der Waals surface area contributed by atoms with E-state index in [4.69, 9.17) is 9.47 Å². The van der Waals surface area contributed by atoms with E-state index in [1.165, 1.54) is 38.5 Å². The third-order valence-electron chi connectivity index (χ3n) is 9.80. The normalized spacial score (nSPS) is 26.1. The van der Waals surface area contributed by atoms with Crippen molar-refractivity contribution in [1.29, 1.82) is 0 Å². The number of fused-ring (bicyclic) bond motifs is 6. The molecule has 0 aliphatic carbocycles. The molecule has 2 saturated heterocycles. The van der Waals surface area contributed by atoms with Crippen LogP contribution in [0, 0.1) is 11.8 Å². The Hall–Kier alpha value is -2.73. The number of piperidine rings is 1. The summed E-state index contributed by atoms with van der Waals surface area (Å²) in [6, 6.07) is 30.7. The zero-order valence-electron chi connectivity index (χ0n) is 23.8. The molecule has 0 spiro atoms. The summed E-state index contributed by atoms with van der Waals surface area (Å²) in [5.74, 6) is 0.252. The van der Waals surface area contributed by atoms with Crippen molar-refractivity contribution >= 4 is 36.6 Å². The Morgan fingerprint density at radius 3 is 2.34 bits per heavy atom. The molecule has 0 radical (unpaired) electrons. The Bertz CT molecular complexity index is 1520. The van der Waals surface area contributed by atoms with E-state index in [1.54, 1.807) is 0 Å². The fourth-order valence-corrected chi connectivity index (χ4v) is 10.7. The molecule has 5 atom stereocenters. The monoisotopic (exact) mass is 614 g/mol. The Balaban J connectivity index is 1.40. The van der Waals surface area contributed by atoms with Crippen LogP contribution in [0.2, 0.25) is 4.31 Å². The number of hydrogen-bond donors (Lipinski definition) is 0. The van der Waals surface area contributed by atoms with Gasteiger partial charge in [-0.1, -0.05) is 0 Å². The van der Waals surface area contributed by atoms with Crippen molar-refractivity contribution in [3.63, 3.8) is 0 Å². The van der Waals surface area contributed by atoms with Crippen LogP contribution < -0.4 is 4.46 Å². The number of aromatic nitrogens is 1. The molecule has 1 unspecified atom stereocenters. The zero-order chi connectivity index (χ0) is 28.0. The van der Waals surface area contributed by atoms with Crippen molar-refractivity contribution in [3.8, 4) is 0 Å². The molecule has 212 valence electrons. The first-order chi connectivity index (χ1) is 20.1. The van der Waals surface area contributed by atoms with Gasteiger partial charge in [0.2, 0.25) is 0 Å². The van der Waals surface area contributed by atoms with Crippen LogP contribution >= 0.6 is 0 Å². The maximum atomic E-state index is 13.4. The van der Waals surface area contributed by atoms with Crippen LogP contribution in [0.5, 0.6) is 0 Å². The number of carbonyl (C=O) groups excluding carboxylic acids is 1. The van der Waals surface area contributed by atoms with E-state index in [0.717, 1.165) is 25.8 Å². The Labute approximate surface area is 249 Å². The van der Waals surface area contributed by atoms with Gasteiger partial charge in [-0.05, 0) is 0 Å². The van der Waals surface area contributed by atoms with Gasteiger partial charge in [0.1, 0.15) is 0 Å². The van der Waals surface area contributed by atoms with Gasteiger partial charge < -0.3 is 0 Å². The summed E-state index contributed by atoms with van der Waals surface area (Å²) in [5.41, 5.74) is 5.49. The molecule has 41 heavy (non-hydrogen) atoms. The fraction of sp³-hybridized carbons (Fsp3) is 0.400. The number of aldehydes is 1. The van der Waals surface area contributed by atoms with Crippen LogP contribution in [0.4, 0.5) is 0 Å². The fourth-order valence-electron chi connectivity index (χ4n) is 7.94. The SMILES string of the molecule is CCC(C=O)([Se]c1ccccc1)[C@@H]1C[C@H]2c3c(c4ccccc4n3C)C[C@@H]([C@H]1C1OCCO1)N2Cc1ccccc1. The van der Waals surface area contributed by atoms with Gasteiger partial charge in [0, 0.05) is 0 Å². The summed E-state index contributed by atoms with van der Waals surface area (Å²) >= 11 is -0.00999. The van der Waals surface area contributed by atoms with E-state index in [2.05, 4.69) is 108 Å². The zero-order valence-corrected chi connectivity index (χ0v) is 25.5. The molecule has 0 amide bonds. The van der Waals surface area contributed by atoms with E-state index in [9.17, 15) is 4.79 Å². The number of carbonyl (C=O) groups is 1. The van der Waals surface area contributed by atoms with Gasteiger partial charge in [-0.15, -0.1) is 0 Å². The number of aryl methyl sites for hydroxylation is 1. The van der Waals surface area contributed by atoms with Gasteiger partial charge in [0.15, 0.2) is 0 Å². The molecule has 2 fully saturated rings. The van der Waals surface area contributed by atoms with Crippen molar-refractivity contribution in [3.05, 3.63) is 102 Å². The molecule has 0 saturated carbocycles. The van der Waals surface area contributed by atoms with Crippen LogP contribution in [-0.2, 0) is 34.3 Å². The van der Waals surface area contributed by atoms with Crippen molar-refractivity contribution < 1.29 is 14.3 Å². The molecule has 0 N–H and O–H groups in total. The number of hydrogen-bond acceptors (Lipinski definition) is 4. The van der Waals surface area contributed by atoms with Crippen LogP contribution in [0.25, 0.3) is 10.9 Å². The van der Waals surface area contributed by atoms with E-state index < -0.39 is 4.31 Å². The van der Waals surface area contributed by atoms with Crippen LogP contribution in [0.15, 0.2) is 84.9 Å². The van der Waals surface area contributed by atoms with E-state index in [0.29, 0.717) is 13.2 Å². The van der Waals surface area contributed by atoms with Crippen molar-refractivity contribution in [2.24, 2.45) is 18.9 Å². The quantitative estimate of drug-likeness (QED) is 0.196. The second-order valence-electron chi connectivity index (χ2n) is 11.8. The van der Waals surface area contributed by atoms with Crippen molar-refractivity contribution in [2.45, 2.75) is 55.4 Å². The molecule has 3 aromatic carbocycles. The van der Waals surface area contributed by atoms with Gasteiger partial charge >= 0.3 is 250 Å². The Morgan fingerprint density at radius 2 is 1.63 bits per heavy atom. The Morgan fingerprint density at radius 1 is 0.951 bits per heavy atom. The summed E-state index contributed by atoms with van der Waals surface area (Å²) in [6.45, 7) is 4.32. The van der Waals surface area contributed by atoms with Crippen LogP contribution in [0.1, 0.15) is 42.6 Å². The maximum absolute atomic E-state index is 13.4. The first kappa shape index (κ1) is 27.1. The molecule has 3 aliphatic rings. The number of nitrogens with zero attached hydrogens (tertiary/aromatic N) is 2. The predicted octanol–water partition coefficient (Wildman–Crippen LogP) is 5.45. The number of para-hydroxylation sites is 1. The molecule has 1 aromatic heterocycles. The van der Waals surface area contributed by atoms with Gasteiger partial charge in [0.25, 0.3) is 0 Å². The van der Waals surface area contributed by atoms with E-state index >= 15 is 0 Å². The van der Waals surface area contributed by atoms with E-state index in [-0.39, 0.29) is 45.2 Å². The van der Waals surface area contributed by atoms with Gasteiger partial charge in [0.05, 0.1) is 0 Å². The molecule has 2 bridgehead atoms. The molecule has 4 aromatic rings. The molecule has 4 heterocycles. The summed E-state index contributed by atoms with van der Waals surface area (Å²) in [6.07, 6.45) is 3.69. The minimum atomic E-state index is -0.439. The second kappa shape index (κ2) is 11.2. The molecule has 7 rings (SSSR count). The van der Waals surface area contributed by atoms with E-state index in [1.807, 2.05) is 0 Å². The van der Waals surface area contributed by atoms with Gasteiger partial charge in [-0.2, -0.15) is 0 Å². The summed E-state index contributed by atoms with van der Waals surface area (Å²) in [7, 11) is 2.23. The average molecular weight is 614 g/mol. The number of benzene rings is 3. The predicted molar refractivity (Wildman–Crippen MR) is 163 cm³/mol. The summed E-state index contributed by atoms with van der Waals surface area (Å²) in [5, 5.41) is 1.36. The summed E-state index contributed by atoms with van der Waals surface area (Å²) in [4.78, 5) is 16.1. The summed E-state index contributed by atoms with van der Waals surface area (Å²) < 4.78 is 16.0. The van der Waals surface area contributed by atoms with Crippen molar-refractivity contribution in [2.75, 3.05) is 13.2 Å². The van der Waals surface area contributed by atoms with Gasteiger partial charge in [-0.25, -0.2) is 0 Å². The third kappa shape index (κ3) is 4.61. The van der Waals surface area contributed by atoms with Gasteiger partial charge in [-0.3, -0.25) is 0 Å². The molecule has 5 nitrogen and oxygen atoms in total. The van der Waals surface area contributed by atoms with Crippen LogP contribution in [0.3, 0.4) is 0 Å². The second-order valence-corrected chi connectivity index (χ2v) is 14.8. The Kier molecular flexibility index (Phi) is 7.39. The molecular formula is C35H38N2O3Se. The third-order valence-corrected chi connectivity index (χ3v) is 13.1.